The second-order valence-electron chi connectivity index (χ2n) is 10.5. The molecule has 8 nitrogen and oxygen atoms in total. The molecule has 2 aliphatic heterocycles. The average molecular weight is 595 g/mol. The smallest absolute Gasteiger partial charge is 0.306 e. The Bertz CT molecular complexity index is 1730. The van der Waals surface area contributed by atoms with Crippen molar-refractivity contribution in [1.29, 1.82) is 0 Å². The van der Waals surface area contributed by atoms with E-state index in [1.807, 2.05) is 19.1 Å². The maximum absolute atomic E-state index is 13.6. The van der Waals surface area contributed by atoms with Crippen molar-refractivity contribution in [2.24, 2.45) is 0 Å². The first-order valence-electron chi connectivity index (χ1n) is 13.8. The molecule has 216 valence electrons. The van der Waals surface area contributed by atoms with Gasteiger partial charge in [-0.05, 0) is 84.8 Å². The number of carbonyl (C=O) groups is 4. The molecule has 3 amide bonds. The molecule has 0 fully saturated rings. The van der Waals surface area contributed by atoms with Gasteiger partial charge in [-0.25, -0.2) is 4.90 Å². The third-order valence-corrected chi connectivity index (χ3v) is 8.19. The zero-order valence-corrected chi connectivity index (χ0v) is 24.2. The molecule has 0 aromatic heterocycles. The van der Waals surface area contributed by atoms with Crippen LogP contribution in [0.1, 0.15) is 61.5 Å². The van der Waals surface area contributed by atoms with Gasteiger partial charge < -0.3 is 14.4 Å². The van der Waals surface area contributed by atoms with Gasteiger partial charge in [0.25, 0.3) is 17.7 Å². The van der Waals surface area contributed by atoms with E-state index in [-0.39, 0.29) is 30.9 Å². The minimum atomic E-state index is -0.447. The van der Waals surface area contributed by atoms with Crippen LogP contribution in [0.4, 0.5) is 11.4 Å². The Morgan fingerprint density at radius 2 is 1.56 bits per heavy atom. The van der Waals surface area contributed by atoms with Gasteiger partial charge in [0.1, 0.15) is 12.4 Å². The van der Waals surface area contributed by atoms with Crippen LogP contribution in [-0.4, -0.2) is 36.8 Å². The van der Waals surface area contributed by atoms with E-state index in [0.29, 0.717) is 44.4 Å². The molecule has 2 atom stereocenters. The first kappa shape index (κ1) is 28.2. The van der Waals surface area contributed by atoms with Gasteiger partial charge in [-0.3, -0.25) is 19.2 Å². The van der Waals surface area contributed by atoms with Gasteiger partial charge >= 0.3 is 5.97 Å². The second kappa shape index (κ2) is 11.4. The number of rotatable bonds is 7. The fourth-order valence-corrected chi connectivity index (χ4v) is 5.88. The van der Waals surface area contributed by atoms with Crippen molar-refractivity contribution in [3.8, 4) is 5.75 Å². The summed E-state index contributed by atoms with van der Waals surface area (Å²) in [6.07, 6.45) is 0.0316. The number of hydrogen-bond donors (Lipinski definition) is 0. The number of anilines is 2. The number of ether oxygens (including phenoxy) is 2. The summed E-state index contributed by atoms with van der Waals surface area (Å²) in [6.45, 7) is 1.86. The average Bonchev–Trinajstić information content (AvgIpc) is 3.44. The van der Waals surface area contributed by atoms with Gasteiger partial charge in [0.15, 0.2) is 0 Å². The molecule has 0 saturated heterocycles. The van der Waals surface area contributed by atoms with Crippen molar-refractivity contribution in [3.63, 3.8) is 0 Å². The highest BCUT2D eigenvalue weighted by Crippen LogP contribution is 2.45. The third kappa shape index (κ3) is 5.15. The summed E-state index contributed by atoms with van der Waals surface area (Å²) >= 11 is 6.02. The summed E-state index contributed by atoms with van der Waals surface area (Å²) in [7, 11) is 1.57. The Hall–Kier alpha value is -4.95. The number of methoxy groups -OCH3 is 1. The quantitative estimate of drug-likeness (QED) is 0.181. The molecule has 0 spiro atoms. The molecule has 0 radical (unpaired) electrons. The molecule has 4 aromatic carbocycles. The van der Waals surface area contributed by atoms with E-state index < -0.39 is 17.8 Å². The van der Waals surface area contributed by atoms with Crippen molar-refractivity contribution >= 4 is 46.7 Å². The monoisotopic (exact) mass is 594 g/mol. The molecular formula is C34H27ClN2O6. The predicted molar refractivity (Wildman–Crippen MR) is 162 cm³/mol. The third-order valence-electron chi connectivity index (χ3n) is 7.94. The summed E-state index contributed by atoms with van der Waals surface area (Å²) in [5.74, 6) is -1.14. The zero-order chi connectivity index (χ0) is 30.2. The van der Waals surface area contributed by atoms with E-state index in [1.165, 1.54) is 0 Å². The Morgan fingerprint density at radius 3 is 2.23 bits per heavy atom. The lowest BCUT2D eigenvalue weighted by Crippen LogP contribution is -2.37. The summed E-state index contributed by atoms with van der Waals surface area (Å²) < 4.78 is 11.1. The van der Waals surface area contributed by atoms with Crippen molar-refractivity contribution in [1.82, 2.24) is 0 Å². The van der Waals surface area contributed by atoms with Gasteiger partial charge in [-0.15, -0.1) is 0 Å². The lowest BCUT2D eigenvalue weighted by molar-refractivity contribution is -0.145. The highest BCUT2D eigenvalue weighted by Gasteiger charge is 2.41. The molecular weight excluding hydrogens is 568 g/mol. The maximum atomic E-state index is 13.6. The molecule has 2 unspecified atom stereocenters. The van der Waals surface area contributed by atoms with Crippen LogP contribution in [0.15, 0.2) is 91.0 Å². The SMILES string of the molecule is COc1ccc2c(c1)C(CC(=O)OCc1cccc(N3C(=O)c4ccccc4C3=O)c1)C(C)N2C(=O)c1ccc(Cl)cc1. The number of benzene rings is 4. The Kier molecular flexibility index (Phi) is 7.46. The van der Waals surface area contributed by atoms with E-state index in [4.69, 9.17) is 21.1 Å². The standard InChI is InChI=1S/C34H27ClN2O6/c1-20-28(29-17-25(42-2)14-15-30(29)36(20)32(39)22-10-12-23(35)13-11-22)18-31(38)43-19-21-6-5-7-24(16-21)37-33(40)26-8-3-4-9-27(26)34(37)41/h3-17,20,28H,18-19H2,1-2H3. The largest absolute Gasteiger partial charge is 0.497 e. The topological polar surface area (TPSA) is 93.2 Å². The van der Waals surface area contributed by atoms with Crippen molar-refractivity contribution in [2.75, 3.05) is 16.9 Å². The number of halogens is 1. The van der Waals surface area contributed by atoms with E-state index in [2.05, 4.69) is 0 Å². The molecule has 6 rings (SSSR count). The van der Waals surface area contributed by atoms with Crippen LogP contribution in [0.25, 0.3) is 0 Å². The minimum Gasteiger partial charge on any atom is -0.497 e. The van der Waals surface area contributed by atoms with Crippen LogP contribution < -0.4 is 14.5 Å². The molecule has 2 heterocycles. The zero-order valence-electron chi connectivity index (χ0n) is 23.5. The number of hydrogen-bond acceptors (Lipinski definition) is 6. The lowest BCUT2D eigenvalue weighted by atomic mass is 9.92. The second-order valence-corrected chi connectivity index (χ2v) is 10.9. The van der Waals surface area contributed by atoms with E-state index in [1.54, 1.807) is 90.9 Å². The van der Waals surface area contributed by atoms with Gasteiger partial charge in [0, 0.05) is 28.2 Å². The number of imide groups is 1. The summed E-state index contributed by atoms with van der Waals surface area (Å²) in [5.41, 5.74) is 3.76. The van der Waals surface area contributed by atoms with Crippen molar-refractivity contribution in [2.45, 2.75) is 31.9 Å². The molecule has 0 bridgehead atoms. The van der Waals surface area contributed by atoms with Crippen molar-refractivity contribution in [3.05, 3.63) is 124 Å². The number of carbonyl (C=O) groups excluding carboxylic acids is 4. The van der Waals surface area contributed by atoms with Gasteiger partial charge in [0.05, 0.1) is 30.3 Å². The van der Waals surface area contributed by atoms with Gasteiger partial charge in [-0.2, -0.15) is 0 Å². The number of fused-ring (bicyclic) bond motifs is 2. The highest BCUT2D eigenvalue weighted by atomic mass is 35.5. The number of amides is 3. The molecule has 0 aliphatic carbocycles. The van der Waals surface area contributed by atoms with Crippen LogP contribution >= 0.6 is 11.6 Å². The number of nitrogens with zero attached hydrogens (tertiary/aromatic N) is 2. The van der Waals surface area contributed by atoms with Crippen LogP contribution in [0, 0.1) is 0 Å². The normalized spacial score (nSPS) is 17.1. The molecule has 0 N–H and O–H groups in total. The fourth-order valence-electron chi connectivity index (χ4n) is 5.75. The van der Waals surface area contributed by atoms with Crippen LogP contribution in [0.2, 0.25) is 5.02 Å². The van der Waals surface area contributed by atoms with Gasteiger partial charge in [0.2, 0.25) is 0 Å². The van der Waals surface area contributed by atoms with Crippen molar-refractivity contribution < 1.29 is 28.7 Å². The first-order valence-corrected chi connectivity index (χ1v) is 14.1. The van der Waals surface area contributed by atoms with E-state index >= 15 is 0 Å². The Morgan fingerprint density at radius 1 is 0.860 bits per heavy atom. The van der Waals surface area contributed by atoms with Crippen LogP contribution in [-0.2, 0) is 16.1 Å². The lowest BCUT2D eigenvalue weighted by Gasteiger charge is -2.25. The summed E-state index contributed by atoms with van der Waals surface area (Å²) in [6, 6.07) is 25.3. The van der Waals surface area contributed by atoms with Gasteiger partial charge in [-0.1, -0.05) is 35.9 Å². The van der Waals surface area contributed by atoms with E-state index in [9.17, 15) is 19.2 Å². The number of esters is 1. The maximum Gasteiger partial charge on any atom is 0.306 e. The molecule has 4 aromatic rings. The van der Waals surface area contributed by atoms with E-state index in [0.717, 1.165) is 10.5 Å². The predicted octanol–water partition coefficient (Wildman–Crippen LogP) is 6.42. The Labute approximate surface area is 253 Å². The molecule has 2 aliphatic rings. The first-order chi connectivity index (χ1) is 20.8. The summed E-state index contributed by atoms with van der Waals surface area (Å²) in [5, 5.41) is 0.533. The fraction of sp³-hybridized carbons (Fsp3) is 0.176. The minimum absolute atomic E-state index is 0.0316. The van der Waals surface area contributed by atoms with Crippen LogP contribution in [0.3, 0.4) is 0 Å². The molecule has 43 heavy (non-hydrogen) atoms. The Balaban J connectivity index is 1.18. The molecule has 0 saturated carbocycles. The highest BCUT2D eigenvalue weighted by molar-refractivity contribution is 6.34. The molecule has 9 heteroatoms. The summed E-state index contributed by atoms with van der Waals surface area (Å²) in [4.78, 5) is 55.4. The van der Waals surface area contributed by atoms with Crippen LogP contribution in [0.5, 0.6) is 5.75 Å².